The van der Waals surface area contributed by atoms with Crippen LogP contribution in [0.5, 0.6) is 11.5 Å². The van der Waals surface area contributed by atoms with Crippen LogP contribution in [0.15, 0.2) is 17.3 Å². The van der Waals surface area contributed by atoms with Gasteiger partial charge in [-0.05, 0) is 39.1 Å². The van der Waals surface area contributed by atoms with Crippen molar-refractivity contribution in [3.8, 4) is 11.5 Å². The van der Waals surface area contributed by atoms with Gasteiger partial charge in [-0.3, -0.25) is 4.79 Å². The van der Waals surface area contributed by atoms with Crippen LogP contribution in [0, 0.1) is 0 Å². The van der Waals surface area contributed by atoms with Crippen molar-refractivity contribution < 1.29 is 14.3 Å². The fraction of sp³-hybridized carbons (Fsp3) is 0.412. The van der Waals surface area contributed by atoms with Crippen molar-refractivity contribution in [1.82, 2.24) is 10.2 Å². The number of allylic oxidation sites excluding steroid dienone is 1. The van der Waals surface area contributed by atoms with Gasteiger partial charge >= 0.3 is 0 Å². The van der Waals surface area contributed by atoms with Crippen molar-refractivity contribution >= 4 is 46.3 Å². The van der Waals surface area contributed by atoms with E-state index in [4.69, 9.17) is 44.9 Å². The highest BCUT2D eigenvalue weighted by Gasteiger charge is 2.34. The molecule has 1 aromatic rings. The number of carbonyl (C=O) groups is 1. The minimum absolute atomic E-state index is 0.0685. The average molecular weight is 403 g/mol. The van der Waals surface area contributed by atoms with Crippen molar-refractivity contribution in [2.75, 3.05) is 20.8 Å². The SMILES string of the molecule is CCN1C(=S)NC(c2cc(Cl)c(OC)c(Cl)c2OC)C(C(C)=O)=C1C. The van der Waals surface area contributed by atoms with Crippen molar-refractivity contribution in [2.45, 2.75) is 26.8 Å². The summed E-state index contributed by atoms with van der Waals surface area (Å²) in [6, 6.07) is 1.17. The van der Waals surface area contributed by atoms with Crippen LogP contribution in [0.25, 0.3) is 0 Å². The fourth-order valence-electron chi connectivity index (χ4n) is 3.06. The van der Waals surface area contributed by atoms with Gasteiger partial charge in [0.1, 0.15) is 10.8 Å². The molecular formula is C17H20Cl2N2O3S. The van der Waals surface area contributed by atoms with E-state index >= 15 is 0 Å². The van der Waals surface area contributed by atoms with Gasteiger partial charge in [-0.1, -0.05) is 23.2 Å². The summed E-state index contributed by atoms with van der Waals surface area (Å²) in [5.74, 6) is 0.642. The zero-order valence-electron chi connectivity index (χ0n) is 14.7. The van der Waals surface area contributed by atoms with Gasteiger partial charge in [0.15, 0.2) is 16.6 Å². The lowest BCUT2D eigenvalue weighted by atomic mass is 9.91. The predicted molar refractivity (Wildman–Crippen MR) is 104 cm³/mol. The third-order valence-corrected chi connectivity index (χ3v) is 5.13. The van der Waals surface area contributed by atoms with Gasteiger partial charge in [0.05, 0.1) is 25.3 Å². The van der Waals surface area contributed by atoms with Crippen LogP contribution in [0.4, 0.5) is 0 Å². The Morgan fingerprint density at radius 3 is 2.40 bits per heavy atom. The first-order valence-electron chi connectivity index (χ1n) is 7.67. The van der Waals surface area contributed by atoms with E-state index in [0.29, 0.717) is 39.3 Å². The van der Waals surface area contributed by atoms with Gasteiger partial charge in [0, 0.05) is 23.4 Å². The van der Waals surface area contributed by atoms with E-state index in [-0.39, 0.29) is 10.8 Å². The van der Waals surface area contributed by atoms with Gasteiger partial charge < -0.3 is 19.7 Å². The highest BCUT2D eigenvalue weighted by Crippen LogP contribution is 2.46. The van der Waals surface area contributed by atoms with Gasteiger partial charge in [-0.25, -0.2) is 0 Å². The highest BCUT2D eigenvalue weighted by molar-refractivity contribution is 7.80. The maximum atomic E-state index is 12.4. The lowest BCUT2D eigenvalue weighted by molar-refractivity contribution is -0.114. The van der Waals surface area contributed by atoms with E-state index in [9.17, 15) is 4.79 Å². The first-order valence-corrected chi connectivity index (χ1v) is 8.84. The van der Waals surface area contributed by atoms with Crippen molar-refractivity contribution in [3.63, 3.8) is 0 Å². The average Bonchev–Trinajstić information content (AvgIpc) is 2.54. The predicted octanol–water partition coefficient (Wildman–Crippen LogP) is 4.12. The van der Waals surface area contributed by atoms with Crippen LogP contribution in [-0.4, -0.2) is 36.6 Å². The van der Waals surface area contributed by atoms with Gasteiger partial charge in [-0.2, -0.15) is 0 Å². The number of ether oxygens (including phenoxy) is 2. The number of methoxy groups -OCH3 is 2. The topological polar surface area (TPSA) is 50.8 Å². The molecule has 0 aliphatic carbocycles. The second-order valence-corrected chi connectivity index (χ2v) is 6.68. The molecule has 25 heavy (non-hydrogen) atoms. The number of benzene rings is 1. The number of nitrogens with one attached hydrogen (secondary N) is 1. The number of Topliss-reactive ketones (excluding diaryl/α,β-unsaturated/α-hetero) is 1. The van der Waals surface area contributed by atoms with E-state index in [1.165, 1.54) is 21.1 Å². The minimum atomic E-state index is -0.511. The fourth-order valence-corrected chi connectivity index (χ4v) is 4.15. The molecule has 1 N–H and O–H groups in total. The van der Waals surface area contributed by atoms with Crippen molar-refractivity contribution in [1.29, 1.82) is 0 Å². The summed E-state index contributed by atoms with van der Waals surface area (Å²) in [6.07, 6.45) is 0. The Kier molecular flexibility index (Phi) is 6.19. The third kappa shape index (κ3) is 3.43. The monoisotopic (exact) mass is 402 g/mol. The summed E-state index contributed by atoms with van der Waals surface area (Å²) < 4.78 is 10.7. The molecule has 0 radical (unpaired) electrons. The molecule has 1 aliphatic heterocycles. The number of thiocarbonyl (C=S) groups is 1. The van der Waals surface area contributed by atoms with Crippen LogP contribution in [0.3, 0.4) is 0 Å². The molecule has 1 aromatic carbocycles. The molecule has 1 unspecified atom stereocenters. The standard InChI is InChI=1S/C17H20Cl2N2O3S/c1-6-21-8(2)12(9(3)22)14(20-17(21)25)10-7-11(18)16(24-5)13(19)15(10)23-4/h7,14H,6H2,1-5H3,(H,20,25). The molecule has 0 fully saturated rings. The first-order chi connectivity index (χ1) is 11.8. The Morgan fingerprint density at radius 2 is 1.92 bits per heavy atom. The Morgan fingerprint density at radius 1 is 1.32 bits per heavy atom. The van der Waals surface area contributed by atoms with Gasteiger partial charge in [0.2, 0.25) is 0 Å². The first kappa shape index (κ1) is 19.8. The van der Waals surface area contributed by atoms with Crippen molar-refractivity contribution in [2.24, 2.45) is 0 Å². The molecule has 0 saturated carbocycles. The molecule has 0 saturated heterocycles. The Labute approximate surface area is 162 Å². The summed E-state index contributed by atoms with van der Waals surface area (Å²) in [6.45, 7) is 6.02. The number of nitrogens with zero attached hydrogens (tertiary/aromatic N) is 1. The molecule has 1 atom stereocenters. The maximum Gasteiger partial charge on any atom is 0.173 e. The Balaban J connectivity index is 2.74. The summed E-state index contributed by atoms with van der Waals surface area (Å²) in [5, 5.41) is 4.31. The smallest absolute Gasteiger partial charge is 0.173 e. The van der Waals surface area contributed by atoms with E-state index in [1.54, 1.807) is 6.07 Å². The van der Waals surface area contributed by atoms with Crippen LogP contribution in [0.1, 0.15) is 32.4 Å². The highest BCUT2D eigenvalue weighted by atomic mass is 35.5. The molecule has 0 bridgehead atoms. The van der Waals surface area contributed by atoms with E-state index in [2.05, 4.69) is 5.32 Å². The molecule has 8 heteroatoms. The quantitative estimate of drug-likeness (QED) is 0.747. The molecule has 5 nitrogen and oxygen atoms in total. The number of carbonyl (C=O) groups excluding carboxylic acids is 1. The molecule has 0 aromatic heterocycles. The Hall–Kier alpha value is -1.50. The lowest BCUT2D eigenvalue weighted by Crippen LogP contribution is -2.47. The molecule has 2 rings (SSSR count). The number of rotatable bonds is 5. The van der Waals surface area contributed by atoms with Gasteiger partial charge in [0.25, 0.3) is 0 Å². The molecular weight excluding hydrogens is 383 g/mol. The zero-order chi connectivity index (χ0) is 18.9. The van der Waals surface area contributed by atoms with Crippen molar-refractivity contribution in [3.05, 3.63) is 32.9 Å². The number of halogens is 2. The summed E-state index contributed by atoms with van der Waals surface area (Å²) >= 11 is 18.1. The maximum absolute atomic E-state index is 12.4. The summed E-state index contributed by atoms with van der Waals surface area (Å²) in [5.41, 5.74) is 2.01. The van der Waals surface area contributed by atoms with Crippen LogP contribution in [0.2, 0.25) is 10.0 Å². The normalized spacial score (nSPS) is 17.5. The third-order valence-electron chi connectivity index (χ3n) is 4.17. The Bertz CT molecular complexity index is 765. The number of hydrogen-bond acceptors (Lipinski definition) is 4. The second kappa shape index (κ2) is 7.81. The molecule has 0 amide bonds. The molecule has 1 heterocycles. The number of hydrogen-bond donors (Lipinski definition) is 1. The van der Waals surface area contributed by atoms with Gasteiger partial charge in [-0.15, -0.1) is 0 Å². The van der Waals surface area contributed by atoms with E-state index in [0.717, 1.165) is 5.70 Å². The largest absolute Gasteiger partial charge is 0.495 e. The van der Waals surface area contributed by atoms with E-state index in [1.807, 2.05) is 18.7 Å². The lowest BCUT2D eigenvalue weighted by Gasteiger charge is -2.37. The number of ketones is 1. The van der Waals surface area contributed by atoms with Crippen LogP contribution in [-0.2, 0) is 4.79 Å². The second-order valence-electron chi connectivity index (χ2n) is 5.51. The molecule has 0 spiro atoms. The van der Waals surface area contributed by atoms with E-state index < -0.39 is 6.04 Å². The summed E-state index contributed by atoms with van der Waals surface area (Å²) in [4.78, 5) is 14.2. The minimum Gasteiger partial charge on any atom is -0.495 e. The van der Waals surface area contributed by atoms with Crippen LogP contribution >= 0.6 is 35.4 Å². The zero-order valence-corrected chi connectivity index (χ0v) is 17.0. The van der Waals surface area contributed by atoms with Crippen LogP contribution < -0.4 is 14.8 Å². The molecule has 1 aliphatic rings. The molecule has 136 valence electrons. The summed E-state index contributed by atoms with van der Waals surface area (Å²) in [7, 11) is 2.98.